The van der Waals surface area contributed by atoms with Gasteiger partial charge < -0.3 is 9.30 Å². The van der Waals surface area contributed by atoms with Gasteiger partial charge in [-0.25, -0.2) is 0 Å². The summed E-state index contributed by atoms with van der Waals surface area (Å²) in [5.74, 6) is -0.942. The lowest BCUT2D eigenvalue weighted by Crippen LogP contribution is -2.23. The first-order valence-electron chi connectivity index (χ1n) is 7.55. The smallest absolute Gasteiger partial charge is 0.326 e. The molecule has 0 fully saturated rings. The van der Waals surface area contributed by atoms with Crippen molar-refractivity contribution >= 4 is 50.5 Å². The fraction of sp³-hybridized carbons (Fsp3) is 0.188. The van der Waals surface area contributed by atoms with Crippen LogP contribution in [0, 0.1) is 10.1 Å². The Labute approximate surface area is 155 Å². The van der Waals surface area contributed by atoms with Crippen LogP contribution in [0.15, 0.2) is 40.7 Å². The molecule has 0 saturated carbocycles. The third kappa shape index (κ3) is 3.70. The van der Waals surface area contributed by atoms with Gasteiger partial charge in [-0.3, -0.25) is 19.7 Å². The molecule has 0 aliphatic carbocycles. The molecule has 0 bridgehead atoms. The van der Waals surface area contributed by atoms with E-state index in [0.29, 0.717) is 15.1 Å². The van der Waals surface area contributed by atoms with E-state index in [1.165, 1.54) is 39.4 Å². The number of hydrogen-bond donors (Lipinski definition) is 0. The van der Waals surface area contributed by atoms with E-state index >= 15 is 0 Å². The minimum Gasteiger partial charge on any atom is -0.465 e. The average molecular weight is 391 g/mol. The lowest BCUT2D eigenvalue weighted by atomic mass is 10.3. The molecule has 0 atom stereocenters. The summed E-state index contributed by atoms with van der Waals surface area (Å²) in [4.78, 5) is 39.6. The number of hydrogen-bond acceptors (Lipinski definition) is 7. The molecule has 0 radical (unpaired) electrons. The minimum absolute atomic E-state index is 0.107. The topological polar surface area (TPSA) is 104 Å². The molecule has 3 rings (SSSR count). The van der Waals surface area contributed by atoms with E-state index in [0.717, 1.165) is 0 Å². The van der Waals surface area contributed by atoms with E-state index in [-0.39, 0.29) is 23.6 Å². The monoisotopic (exact) mass is 391 g/mol. The lowest BCUT2D eigenvalue weighted by molar-refractivity contribution is -0.384. The molecule has 0 spiro atoms. The van der Waals surface area contributed by atoms with Crippen LogP contribution in [0.4, 0.5) is 5.69 Å². The molecular formula is C16H13N3O5S2. The molecule has 0 aliphatic rings. The van der Waals surface area contributed by atoms with E-state index in [9.17, 15) is 19.7 Å². The van der Waals surface area contributed by atoms with Crippen molar-refractivity contribution in [2.75, 3.05) is 6.61 Å². The van der Waals surface area contributed by atoms with Gasteiger partial charge >= 0.3 is 5.97 Å². The maximum atomic E-state index is 12.3. The van der Waals surface area contributed by atoms with Crippen molar-refractivity contribution in [3.63, 3.8) is 0 Å². The highest BCUT2D eigenvalue weighted by atomic mass is 32.1. The molecule has 2 aromatic heterocycles. The van der Waals surface area contributed by atoms with E-state index in [1.807, 2.05) is 0 Å². The van der Waals surface area contributed by atoms with Crippen LogP contribution in [0.25, 0.3) is 10.2 Å². The SMILES string of the molecule is CCOC(=O)Cn1c(=NC(=O)c2cccs2)sc2ccc([N+](=O)[O-])cc21. The van der Waals surface area contributed by atoms with Crippen molar-refractivity contribution in [3.8, 4) is 0 Å². The molecule has 0 aliphatic heterocycles. The molecule has 0 N–H and O–H groups in total. The number of ether oxygens (including phenoxy) is 1. The Balaban J connectivity index is 2.15. The van der Waals surface area contributed by atoms with Crippen LogP contribution in [-0.2, 0) is 16.1 Å². The van der Waals surface area contributed by atoms with Gasteiger partial charge in [0.2, 0.25) is 0 Å². The van der Waals surface area contributed by atoms with E-state index < -0.39 is 16.8 Å². The average Bonchev–Trinajstić information content (AvgIpc) is 3.24. The maximum absolute atomic E-state index is 12.3. The number of benzene rings is 1. The molecule has 0 unspecified atom stereocenters. The summed E-state index contributed by atoms with van der Waals surface area (Å²) in [6, 6.07) is 7.71. The highest BCUT2D eigenvalue weighted by Crippen LogP contribution is 2.23. The molecule has 8 nitrogen and oxygen atoms in total. The Morgan fingerprint density at radius 2 is 2.15 bits per heavy atom. The van der Waals surface area contributed by atoms with Crippen molar-refractivity contribution in [3.05, 3.63) is 55.5 Å². The number of carbonyl (C=O) groups is 2. The van der Waals surface area contributed by atoms with Crippen molar-refractivity contribution in [2.45, 2.75) is 13.5 Å². The molecular weight excluding hydrogens is 378 g/mol. The fourth-order valence-corrected chi connectivity index (χ4v) is 3.90. The third-order valence-electron chi connectivity index (χ3n) is 3.40. The van der Waals surface area contributed by atoms with Crippen LogP contribution in [0.5, 0.6) is 0 Å². The zero-order chi connectivity index (χ0) is 18.7. The molecule has 2 heterocycles. The minimum atomic E-state index is -0.514. The zero-order valence-electron chi connectivity index (χ0n) is 13.6. The number of carbonyl (C=O) groups excluding carboxylic acids is 2. The van der Waals surface area contributed by atoms with Gasteiger partial charge in [0.25, 0.3) is 11.6 Å². The Morgan fingerprint density at radius 1 is 1.35 bits per heavy atom. The first-order chi connectivity index (χ1) is 12.5. The van der Waals surface area contributed by atoms with Gasteiger partial charge in [-0.1, -0.05) is 17.4 Å². The third-order valence-corrected chi connectivity index (χ3v) is 5.32. The summed E-state index contributed by atoms with van der Waals surface area (Å²) < 4.78 is 7.11. The number of thiazole rings is 1. The first kappa shape index (κ1) is 18.0. The Hall–Kier alpha value is -2.85. The number of aromatic nitrogens is 1. The van der Waals surface area contributed by atoms with Crippen molar-refractivity contribution in [2.24, 2.45) is 4.99 Å². The summed E-state index contributed by atoms with van der Waals surface area (Å²) >= 11 is 2.44. The molecule has 10 heteroatoms. The van der Waals surface area contributed by atoms with E-state index in [1.54, 1.807) is 30.5 Å². The quantitative estimate of drug-likeness (QED) is 0.378. The molecule has 3 aromatic rings. The Bertz CT molecular complexity index is 1050. The largest absolute Gasteiger partial charge is 0.465 e. The second-order valence-electron chi connectivity index (χ2n) is 5.08. The number of amides is 1. The first-order valence-corrected chi connectivity index (χ1v) is 9.25. The summed E-state index contributed by atoms with van der Waals surface area (Å²) in [5.41, 5.74) is 0.346. The predicted molar refractivity (Wildman–Crippen MR) is 97.3 cm³/mol. The Morgan fingerprint density at radius 3 is 2.81 bits per heavy atom. The second-order valence-corrected chi connectivity index (χ2v) is 7.04. The highest BCUT2D eigenvalue weighted by molar-refractivity contribution is 7.16. The molecule has 0 saturated heterocycles. The number of nitro benzene ring substituents is 1. The summed E-state index contributed by atoms with van der Waals surface area (Å²) in [6.07, 6.45) is 0. The normalized spacial score (nSPS) is 11.7. The molecule has 1 amide bonds. The van der Waals surface area contributed by atoms with E-state index in [2.05, 4.69) is 4.99 Å². The number of non-ortho nitro benzene ring substituents is 1. The summed E-state index contributed by atoms with van der Waals surface area (Å²) in [7, 11) is 0. The van der Waals surface area contributed by atoms with Gasteiger partial charge in [-0.15, -0.1) is 11.3 Å². The second kappa shape index (κ2) is 7.58. The summed E-state index contributed by atoms with van der Waals surface area (Å²) in [6.45, 7) is 1.71. The van der Waals surface area contributed by atoms with Crippen LogP contribution in [0.1, 0.15) is 16.6 Å². The zero-order valence-corrected chi connectivity index (χ0v) is 15.2. The van der Waals surface area contributed by atoms with E-state index in [4.69, 9.17) is 4.74 Å². The number of nitrogens with zero attached hydrogens (tertiary/aromatic N) is 3. The predicted octanol–water partition coefficient (Wildman–Crippen LogP) is 2.98. The number of nitro groups is 1. The van der Waals surface area contributed by atoms with Crippen LogP contribution >= 0.6 is 22.7 Å². The molecule has 1 aromatic carbocycles. The van der Waals surface area contributed by atoms with Gasteiger partial charge in [-0.05, 0) is 24.4 Å². The van der Waals surface area contributed by atoms with Gasteiger partial charge in [0.1, 0.15) is 6.54 Å². The van der Waals surface area contributed by atoms with Crippen molar-refractivity contribution in [1.82, 2.24) is 4.57 Å². The fourth-order valence-electron chi connectivity index (χ4n) is 2.29. The highest BCUT2D eigenvalue weighted by Gasteiger charge is 2.16. The number of esters is 1. The maximum Gasteiger partial charge on any atom is 0.326 e. The van der Waals surface area contributed by atoms with Crippen LogP contribution < -0.4 is 4.80 Å². The van der Waals surface area contributed by atoms with Gasteiger partial charge in [0.15, 0.2) is 4.80 Å². The van der Waals surface area contributed by atoms with Crippen LogP contribution in [-0.4, -0.2) is 28.0 Å². The van der Waals surface area contributed by atoms with Gasteiger partial charge in [0, 0.05) is 12.1 Å². The van der Waals surface area contributed by atoms with Gasteiger partial charge in [0.05, 0.1) is 26.6 Å². The number of fused-ring (bicyclic) bond motifs is 1. The lowest BCUT2D eigenvalue weighted by Gasteiger charge is -2.05. The van der Waals surface area contributed by atoms with Crippen molar-refractivity contribution < 1.29 is 19.2 Å². The Kier molecular flexibility index (Phi) is 5.24. The number of thiophene rings is 1. The summed E-state index contributed by atoms with van der Waals surface area (Å²) in [5, 5.41) is 12.8. The molecule has 26 heavy (non-hydrogen) atoms. The molecule has 134 valence electrons. The van der Waals surface area contributed by atoms with Crippen molar-refractivity contribution in [1.29, 1.82) is 0 Å². The van der Waals surface area contributed by atoms with Crippen LogP contribution in [0.3, 0.4) is 0 Å². The standard InChI is InChI=1S/C16H13N3O5S2/c1-2-24-14(20)9-18-11-8-10(19(22)23)5-6-12(11)26-16(18)17-15(21)13-4-3-7-25-13/h3-8H,2,9H2,1H3. The number of rotatable bonds is 5. The van der Waals surface area contributed by atoms with Crippen LogP contribution in [0.2, 0.25) is 0 Å². The van der Waals surface area contributed by atoms with Gasteiger partial charge in [-0.2, -0.15) is 4.99 Å².